The van der Waals surface area contributed by atoms with E-state index in [0.717, 1.165) is 37.3 Å². The summed E-state index contributed by atoms with van der Waals surface area (Å²) >= 11 is 5.15. The average molecular weight is 403 g/mol. The summed E-state index contributed by atoms with van der Waals surface area (Å²) in [4.78, 5) is 13.3. The maximum Gasteiger partial charge on any atom is 0.196 e. The first-order chi connectivity index (χ1) is 14.3. The molecule has 1 aliphatic rings. The van der Waals surface area contributed by atoms with Crippen LogP contribution in [-0.4, -0.2) is 26.4 Å². The van der Waals surface area contributed by atoms with Crippen molar-refractivity contribution in [2.45, 2.75) is 26.1 Å². The van der Waals surface area contributed by atoms with Gasteiger partial charge in [-0.2, -0.15) is 0 Å². The molecule has 5 nitrogen and oxygen atoms in total. The van der Waals surface area contributed by atoms with Gasteiger partial charge in [-0.3, -0.25) is 4.90 Å². The van der Waals surface area contributed by atoms with Gasteiger partial charge < -0.3 is 14.7 Å². The fraction of sp³-hybridized carbons (Fsp3) is 0.217. The molecule has 6 heteroatoms. The smallest absolute Gasteiger partial charge is 0.196 e. The first-order valence-electron chi connectivity index (χ1n) is 9.81. The summed E-state index contributed by atoms with van der Waals surface area (Å²) in [6, 6.07) is 16.5. The molecule has 2 N–H and O–H groups in total. The maximum absolute atomic E-state index is 6.20. The predicted molar refractivity (Wildman–Crippen MR) is 116 cm³/mol. The van der Waals surface area contributed by atoms with E-state index in [1.165, 1.54) is 27.8 Å². The molecule has 4 aromatic rings. The van der Waals surface area contributed by atoms with E-state index in [-0.39, 0.29) is 0 Å². The van der Waals surface area contributed by atoms with E-state index in [1.54, 1.807) is 0 Å². The van der Waals surface area contributed by atoms with Crippen molar-refractivity contribution in [2.24, 2.45) is 0 Å². The number of ether oxygens (including phenoxy) is 1. The molecule has 1 aliphatic heterocycles. The molecule has 0 radical (unpaired) electrons. The number of hydrogen-bond acceptors (Lipinski definition) is 4. The first kappa shape index (κ1) is 18.1. The minimum atomic E-state index is 0.562. The second-order valence-corrected chi connectivity index (χ2v) is 7.81. The lowest BCUT2D eigenvalue weighted by atomic mass is 10.1. The summed E-state index contributed by atoms with van der Waals surface area (Å²) in [7, 11) is 0. The van der Waals surface area contributed by atoms with Crippen molar-refractivity contribution in [1.29, 1.82) is 0 Å². The van der Waals surface area contributed by atoms with Crippen molar-refractivity contribution in [3.05, 3.63) is 88.1 Å². The van der Waals surface area contributed by atoms with Crippen LogP contribution in [0.4, 0.5) is 0 Å². The van der Waals surface area contributed by atoms with E-state index >= 15 is 0 Å². The Kier molecular flexibility index (Phi) is 4.87. The van der Waals surface area contributed by atoms with Gasteiger partial charge in [0.2, 0.25) is 0 Å². The Morgan fingerprint density at radius 1 is 1.10 bits per heavy atom. The van der Waals surface area contributed by atoms with Gasteiger partial charge in [0.1, 0.15) is 12.4 Å². The molecule has 0 unspecified atom stereocenters. The Bertz CT molecular complexity index is 1200. The Morgan fingerprint density at radius 2 is 2.00 bits per heavy atom. The summed E-state index contributed by atoms with van der Waals surface area (Å²) < 4.78 is 6.76. The van der Waals surface area contributed by atoms with E-state index in [2.05, 4.69) is 50.3 Å². The van der Waals surface area contributed by atoms with Gasteiger partial charge in [-0.05, 0) is 35.5 Å². The second kappa shape index (κ2) is 7.81. The summed E-state index contributed by atoms with van der Waals surface area (Å²) in [6.07, 6.45) is 4.97. The van der Waals surface area contributed by atoms with Gasteiger partial charge in [0.25, 0.3) is 0 Å². The molecule has 2 aromatic carbocycles. The molecule has 0 saturated carbocycles. The van der Waals surface area contributed by atoms with Gasteiger partial charge in [-0.25, -0.2) is 4.98 Å². The lowest BCUT2D eigenvalue weighted by Crippen LogP contribution is -2.30. The summed E-state index contributed by atoms with van der Waals surface area (Å²) in [5, 5.41) is 1.17. The molecule has 3 heterocycles. The van der Waals surface area contributed by atoms with Gasteiger partial charge in [0.05, 0.1) is 0 Å². The van der Waals surface area contributed by atoms with Crippen LogP contribution in [0.15, 0.2) is 60.9 Å². The third-order valence-electron chi connectivity index (χ3n) is 5.44. The fourth-order valence-electron chi connectivity index (χ4n) is 3.98. The standard InChI is InChI=1S/C23H22N4OS/c29-23-25-11-17-13-27(10-9-19(17)26-23)14-18-12-24-20-7-4-8-21(22(18)20)28-15-16-5-2-1-3-6-16/h1-8,11-12,24H,9-10,13-15H2,(H,25,26,29). The summed E-state index contributed by atoms with van der Waals surface area (Å²) in [5.41, 5.74) is 5.97. The van der Waals surface area contributed by atoms with Crippen LogP contribution in [0.5, 0.6) is 5.75 Å². The number of nitrogens with zero attached hydrogens (tertiary/aromatic N) is 2. The average Bonchev–Trinajstić information content (AvgIpc) is 3.16. The van der Waals surface area contributed by atoms with E-state index in [4.69, 9.17) is 17.0 Å². The van der Waals surface area contributed by atoms with Crippen molar-refractivity contribution in [2.75, 3.05) is 6.54 Å². The van der Waals surface area contributed by atoms with E-state index < -0.39 is 0 Å². The highest BCUT2D eigenvalue weighted by Gasteiger charge is 2.19. The second-order valence-electron chi connectivity index (χ2n) is 7.42. The highest BCUT2D eigenvalue weighted by atomic mass is 32.1. The molecule has 146 valence electrons. The van der Waals surface area contributed by atoms with Crippen molar-refractivity contribution >= 4 is 23.1 Å². The van der Waals surface area contributed by atoms with Crippen LogP contribution in [0.1, 0.15) is 22.4 Å². The molecule has 0 aliphatic carbocycles. The molecular formula is C23H22N4OS. The highest BCUT2D eigenvalue weighted by molar-refractivity contribution is 7.71. The van der Waals surface area contributed by atoms with Crippen molar-refractivity contribution < 1.29 is 4.74 Å². The van der Waals surface area contributed by atoms with Crippen molar-refractivity contribution in [3.8, 4) is 5.75 Å². The normalized spacial score (nSPS) is 14.1. The van der Waals surface area contributed by atoms with Crippen LogP contribution in [0.2, 0.25) is 0 Å². The molecular weight excluding hydrogens is 380 g/mol. The van der Waals surface area contributed by atoms with Gasteiger partial charge in [0, 0.05) is 60.6 Å². The zero-order valence-electron chi connectivity index (χ0n) is 16.0. The van der Waals surface area contributed by atoms with Crippen LogP contribution in [0, 0.1) is 4.77 Å². The van der Waals surface area contributed by atoms with Crippen LogP contribution in [-0.2, 0) is 26.1 Å². The van der Waals surface area contributed by atoms with Gasteiger partial charge in [0.15, 0.2) is 4.77 Å². The van der Waals surface area contributed by atoms with Crippen molar-refractivity contribution in [3.63, 3.8) is 0 Å². The van der Waals surface area contributed by atoms with E-state index in [0.29, 0.717) is 11.4 Å². The number of H-pyrrole nitrogens is 2. The zero-order chi connectivity index (χ0) is 19.6. The third kappa shape index (κ3) is 3.81. The lowest BCUT2D eigenvalue weighted by molar-refractivity contribution is 0.243. The minimum Gasteiger partial charge on any atom is -0.488 e. The monoisotopic (exact) mass is 402 g/mol. The predicted octanol–water partition coefficient (Wildman–Crippen LogP) is 4.76. The number of nitrogens with one attached hydrogen (secondary N) is 2. The molecule has 0 atom stereocenters. The Morgan fingerprint density at radius 3 is 2.90 bits per heavy atom. The molecule has 0 fully saturated rings. The lowest BCUT2D eigenvalue weighted by Gasteiger charge is -2.28. The summed E-state index contributed by atoms with van der Waals surface area (Å²) in [6.45, 7) is 3.28. The zero-order valence-corrected chi connectivity index (χ0v) is 16.8. The fourth-order valence-corrected chi connectivity index (χ4v) is 4.16. The first-order valence-corrected chi connectivity index (χ1v) is 10.2. The molecule has 0 spiro atoms. The van der Waals surface area contributed by atoms with Gasteiger partial charge in [-0.15, -0.1) is 0 Å². The van der Waals surface area contributed by atoms with Crippen LogP contribution >= 0.6 is 12.2 Å². The quantitative estimate of drug-likeness (QED) is 0.473. The highest BCUT2D eigenvalue weighted by Crippen LogP contribution is 2.31. The third-order valence-corrected chi connectivity index (χ3v) is 5.64. The number of hydrogen-bond donors (Lipinski definition) is 2. The van der Waals surface area contributed by atoms with E-state index in [9.17, 15) is 0 Å². The Labute approximate surface area is 174 Å². The van der Waals surface area contributed by atoms with Crippen LogP contribution < -0.4 is 4.74 Å². The van der Waals surface area contributed by atoms with Gasteiger partial charge >= 0.3 is 0 Å². The molecule has 0 amide bonds. The molecule has 2 aromatic heterocycles. The van der Waals surface area contributed by atoms with Gasteiger partial charge in [-0.1, -0.05) is 36.4 Å². The SMILES string of the molecule is S=c1ncc2c([nH]1)CCN(Cc1c[nH]c3cccc(OCc4ccccc4)c13)C2. The maximum atomic E-state index is 6.20. The Balaban J connectivity index is 1.38. The minimum absolute atomic E-state index is 0.562. The molecule has 0 saturated heterocycles. The largest absolute Gasteiger partial charge is 0.488 e. The van der Waals surface area contributed by atoms with Crippen LogP contribution in [0.25, 0.3) is 10.9 Å². The van der Waals surface area contributed by atoms with Crippen LogP contribution in [0.3, 0.4) is 0 Å². The Hall–Kier alpha value is -2.96. The molecule has 29 heavy (non-hydrogen) atoms. The topological polar surface area (TPSA) is 56.9 Å². The number of fused-ring (bicyclic) bond motifs is 2. The molecule has 5 rings (SSSR count). The number of aromatic amines is 2. The summed E-state index contributed by atoms with van der Waals surface area (Å²) in [5.74, 6) is 0.922. The molecule has 0 bridgehead atoms. The number of rotatable bonds is 5. The number of aromatic nitrogens is 3. The van der Waals surface area contributed by atoms with E-state index in [1.807, 2.05) is 30.5 Å². The number of benzene rings is 2. The van der Waals surface area contributed by atoms with Crippen molar-refractivity contribution in [1.82, 2.24) is 19.9 Å².